The van der Waals surface area contributed by atoms with Crippen LogP contribution in [0.3, 0.4) is 0 Å². The van der Waals surface area contributed by atoms with Crippen LogP contribution in [0.25, 0.3) is 72.7 Å². The largest absolute Gasteiger partial charge is 0.507 e. The Hall–Kier alpha value is -6.26. The summed E-state index contributed by atoms with van der Waals surface area (Å²) in [6, 6.07) is 49.8. The van der Waals surface area contributed by atoms with Crippen LogP contribution in [0.15, 0.2) is 146 Å². The van der Waals surface area contributed by atoms with E-state index in [9.17, 15) is 5.11 Å². The number of rotatable bonds is 7. The number of phenolic OH excluding ortho intramolecular Hbond substituents is 1. The predicted molar refractivity (Wildman–Crippen MR) is 258 cm³/mol. The Bertz CT molecular complexity index is 2860. The van der Waals surface area contributed by atoms with Crippen molar-refractivity contribution in [3.05, 3.63) is 168 Å². The van der Waals surface area contributed by atoms with Gasteiger partial charge in [0.15, 0.2) is 0 Å². The van der Waals surface area contributed by atoms with Crippen LogP contribution in [0.2, 0.25) is 0 Å². The number of hydrogen-bond acceptors (Lipinski definition) is 3. The second-order valence-electron chi connectivity index (χ2n) is 20.0. The van der Waals surface area contributed by atoms with Gasteiger partial charge in [-0.05, 0) is 104 Å². The van der Waals surface area contributed by atoms with Crippen molar-refractivity contribution in [3.63, 3.8) is 0 Å². The van der Waals surface area contributed by atoms with Gasteiger partial charge in [-0.2, -0.15) is 0 Å². The van der Waals surface area contributed by atoms with Crippen molar-refractivity contribution < 1.29 is 5.11 Å². The van der Waals surface area contributed by atoms with E-state index in [2.05, 4.69) is 214 Å². The molecule has 0 spiro atoms. The number of nitrogens with zero attached hydrogens (tertiary/aromatic N) is 3. The number of aromatic nitrogens is 3. The molecule has 0 atom stereocenters. The molecule has 4 heteroatoms. The molecule has 61 heavy (non-hydrogen) atoms. The van der Waals surface area contributed by atoms with Crippen LogP contribution >= 0.6 is 0 Å². The number of hydrogen-bond donors (Lipinski definition) is 1. The molecule has 0 aliphatic rings. The molecule has 2 aromatic heterocycles. The molecule has 0 saturated carbocycles. The molecule has 0 saturated heterocycles. The fourth-order valence-corrected chi connectivity index (χ4v) is 8.33. The molecule has 8 rings (SSSR count). The van der Waals surface area contributed by atoms with Gasteiger partial charge in [0.2, 0.25) is 0 Å². The van der Waals surface area contributed by atoms with Crippen LogP contribution in [0.1, 0.15) is 104 Å². The summed E-state index contributed by atoms with van der Waals surface area (Å²) in [4.78, 5) is 10.7. The highest BCUT2D eigenvalue weighted by atomic mass is 16.3. The molecule has 2 heterocycles. The number of fused-ring (bicyclic) bond motifs is 1. The molecule has 0 radical (unpaired) electrons. The van der Waals surface area contributed by atoms with E-state index in [1.165, 1.54) is 22.3 Å². The van der Waals surface area contributed by atoms with E-state index < -0.39 is 0 Å². The maximum absolute atomic E-state index is 12.4. The number of phenols is 1. The zero-order valence-corrected chi connectivity index (χ0v) is 37.7. The summed E-state index contributed by atoms with van der Waals surface area (Å²) in [6.07, 6.45) is 1.97. The highest BCUT2D eigenvalue weighted by Crippen LogP contribution is 2.46. The molecule has 6 aromatic carbocycles. The minimum absolute atomic E-state index is 0.123. The lowest BCUT2D eigenvalue weighted by Gasteiger charge is -2.28. The summed E-state index contributed by atoms with van der Waals surface area (Å²) in [5.74, 6) is 1.20. The monoisotopic (exact) mass is 801 g/mol. The fraction of sp³-hybridized carbons (Fsp3) is 0.263. The molecule has 0 aliphatic heterocycles. The lowest BCUT2D eigenvalue weighted by molar-refractivity contribution is 0.446. The third-order valence-corrected chi connectivity index (χ3v) is 12.0. The quantitative estimate of drug-likeness (QED) is 0.175. The minimum Gasteiger partial charge on any atom is -0.507 e. The van der Waals surface area contributed by atoms with Gasteiger partial charge < -0.3 is 5.11 Å². The molecule has 0 amide bonds. The lowest BCUT2D eigenvalue weighted by atomic mass is 9.79. The topological polar surface area (TPSA) is 50.9 Å². The molecule has 0 aliphatic carbocycles. The molecular weight excluding hydrogens is 743 g/mol. The number of para-hydroxylation sites is 1. The van der Waals surface area contributed by atoms with Crippen LogP contribution in [0.4, 0.5) is 0 Å². The van der Waals surface area contributed by atoms with Crippen molar-refractivity contribution in [2.75, 3.05) is 0 Å². The smallest absolute Gasteiger partial charge is 0.149 e. The maximum Gasteiger partial charge on any atom is 0.149 e. The highest BCUT2D eigenvalue weighted by molar-refractivity contribution is 5.97. The van der Waals surface area contributed by atoms with Crippen molar-refractivity contribution in [2.45, 2.75) is 98.3 Å². The van der Waals surface area contributed by atoms with Crippen molar-refractivity contribution in [1.82, 2.24) is 14.5 Å². The fourth-order valence-electron chi connectivity index (χ4n) is 8.33. The Labute approximate surface area is 363 Å². The summed E-state index contributed by atoms with van der Waals surface area (Å²) in [5, 5.41) is 12.4. The van der Waals surface area contributed by atoms with E-state index in [0.717, 1.165) is 72.7 Å². The number of aromatic hydroxyl groups is 1. The molecule has 4 nitrogen and oxygen atoms in total. The average Bonchev–Trinajstić information content (AvgIpc) is 3.62. The van der Waals surface area contributed by atoms with Gasteiger partial charge in [-0.1, -0.05) is 173 Å². The third kappa shape index (κ3) is 8.16. The van der Waals surface area contributed by atoms with E-state index in [-0.39, 0.29) is 27.9 Å². The Morgan fingerprint density at radius 3 is 1.70 bits per heavy atom. The van der Waals surface area contributed by atoms with Gasteiger partial charge in [0.05, 0.1) is 28.0 Å². The number of imidazole rings is 1. The standard InChI is InChI=1S/C57H59N3O/c1-36(2)46-32-39(37-19-14-12-15-20-37)26-28-50(46)60-51-24-18-23-45(52(51)59-54(60)47-33-44(56(6,7)8)34-48(53(47)61)57(9,10)11)41-29-42(31-43(30-41)55(3,4)5)49-27-25-40(35-58-49)38-21-16-13-17-22-38/h12-36,61H,1-11H3. The van der Waals surface area contributed by atoms with Crippen LogP contribution in [0, 0.1) is 0 Å². The summed E-state index contributed by atoms with van der Waals surface area (Å²) in [5.41, 5.74) is 16.2. The Morgan fingerprint density at radius 1 is 0.508 bits per heavy atom. The number of benzene rings is 6. The first-order valence-electron chi connectivity index (χ1n) is 21.7. The van der Waals surface area contributed by atoms with Gasteiger partial charge in [0.25, 0.3) is 0 Å². The van der Waals surface area contributed by atoms with Gasteiger partial charge in [0, 0.05) is 28.5 Å². The van der Waals surface area contributed by atoms with Gasteiger partial charge in [-0.3, -0.25) is 9.55 Å². The van der Waals surface area contributed by atoms with Crippen molar-refractivity contribution in [1.29, 1.82) is 0 Å². The Balaban J connectivity index is 1.42. The minimum atomic E-state index is -0.306. The predicted octanol–water partition coefficient (Wildman–Crippen LogP) is 15.5. The van der Waals surface area contributed by atoms with Crippen LogP contribution in [0.5, 0.6) is 5.75 Å². The Morgan fingerprint density at radius 2 is 1.11 bits per heavy atom. The molecular formula is C57H59N3O. The van der Waals surface area contributed by atoms with E-state index in [1.54, 1.807) is 0 Å². The second-order valence-corrected chi connectivity index (χ2v) is 20.0. The van der Waals surface area contributed by atoms with E-state index in [1.807, 2.05) is 12.3 Å². The SMILES string of the molecule is CC(C)c1cc(-c2ccccc2)ccc1-n1c(-c2cc(C(C)(C)C)cc(C(C)(C)C)c2O)nc2c(-c3cc(-c4ccc(-c5ccccc5)cn4)cc(C(C)(C)C)c3)cccc21. The van der Waals surface area contributed by atoms with Gasteiger partial charge in [-0.15, -0.1) is 0 Å². The number of pyridine rings is 1. The average molecular weight is 802 g/mol. The molecule has 1 N–H and O–H groups in total. The van der Waals surface area contributed by atoms with Crippen LogP contribution < -0.4 is 0 Å². The third-order valence-electron chi connectivity index (χ3n) is 12.0. The zero-order chi connectivity index (χ0) is 43.4. The maximum atomic E-state index is 12.4. The molecule has 308 valence electrons. The van der Waals surface area contributed by atoms with E-state index >= 15 is 0 Å². The molecule has 0 bridgehead atoms. The Kier molecular flexibility index (Phi) is 10.6. The summed E-state index contributed by atoms with van der Waals surface area (Å²) < 4.78 is 2.30. The van der Waals surface area contributed by atoms with E-state index in [0.29, 0.717) is 0 Å². The zero-order valence-electron chi connectivity index (χ0n) is 37.7. The normalized spacial score (nSPS) is 12.4. The van der Waals surface area contributed by atoms with Crippen molar-refractivity contribution in [3.8, 4) is 67.5 Å². The van der Waals surface area contributed by atoms with Crippen molar-refractivity contribution in [2.24, 2.45) is 0 Å². The summed E-state index contributed by atoms with van der Waals surface area (Å²) in [7, 11) is 0. The van der Waals surface area contributed by atoms with E-state index in [4.69, 9.17) is 9.97 Å². The highest BCUT2D eigenvalue weighted by Gasteiger charge is 2.29. The van der Waals surface area contributed by atoms with Gasteiger partial charge in [0.1, 0.15) is 11.6 Å². The molecule has 0 fully saturated rings. The second kappa shape index (κ2) is 15.6. The van der Waals surface area contributed by atoms with Crippen LogP contribution in [-0.2, 0) is 16.2 Å². The first kappa shape index (κ1) is 41.5. The lowest BCUT2D eigenvalue weighted by Crippen LogP contribution is -2.17. The van der Waals surface area contributed by atoms with Crippen molar-refractivity contribution >= 4 is 11.0 Å². The van der Waals surface area contributed by atoms with Gasteiger partial charge in [-0.25, -0.2) is 4.98 Å². The van der Waals surface area contributed by atoms with Gasteiger partial charge >= 0.3 is 0 Å². The summed E-state index contributed by atoms with van der Waals surface area (Å²) in [6.45, 7) is 24.5. The summed E-state index contributed by atoms with van der Waals surface area (Å²) >= 11 is 0. The first-order valence-corrected chi connectivity index (χ1v) is 21.7. The van der Waals surface area contributed by atoms with Crippen LogP contribution in [-0.4, -0.2) is 19.6 Å². The molecule has 0 unspecified atom stereocenters. The molecule has 8 aromatic rings. The first-order chi connectivity index (χ1) is 28.9.